The van der Waals surface area contributed by atoms with Crippen molar-refractivity contribution in [2.45, 2.75) is 26.4 Å². The second kappa shape index (κ2) is 5.16. The van der Waals surface area contributed by atoms with E-state index < -0.39 is 6.43 Å². The number of nitrogens with zero attached hydrogens (tertiary/aromatic N) is 4. The van der Waals surface area contributed by atoms with Gasteiger partial charge < -0.3 is 5.32 Å². The van der Waals surface area contributed by atoms with Gasteiger partial charge in [0.2, 0.25) is 0 Å². The highest BCUT2D eigenvalue weighted by Crippen LogP contribution is 2.12. The van der Waals surface area contributed by atoms with Crippen LogP contribution >= 0.6 is 0 Å². The molecule has 0 aliphatic carbocycles. The molecule has 0 radical (unpaired) electrons. The van der Waals surface area contributed by atoms with Gasteiger partial charge >= 0.3 is 0 Å². The Balaban J connectivity index is 1.94. The molecule has 0 aliphatic rings. The molecule has 0 aromatic carbocycles. The molecule has 0 unspecified atom stereocenters. The van der Waals surface area contributed by atoms with Crippen molar-refractivity contribution in [3.05, 3.63) is 29.7 Å². The van der Waals surface area contributed by atoms with Crippen LogP contribution in [0.2, 0.25) is 0 Å². The predicted octanol–water partition coefficient (Wildman–Crippen LogP) is 1.80. The Labute approximate surface area is 103 Å². The quantitative estimate of drug-likeness (QED) is 0.886. The third-order valence-corrected chi connectivity index (χ3v) is 2.48. The van der Waals surface area contributed by atoms with E-state index in [1.54, 1.807) is 17.1 Å². The number of halogens is 2. The fraction of sp³-hybridized carbons (Fsp3) is 0.455. The van der Waals surface area contributed by atoms with Crippen molar-refractivity contribution in [3.63, 3.8) is 0 Å². The smallest absolute Gasteiger partial charge is 0.257 e. The highest BCUT2D eigenvalue weighted by molar-refractivity contribution is 5.42. The molecular formula is C11H15F2N5. The van der Waals surface area contributed by atoms with E-state index in [9.17, 15) is 8.78 Å². The maximum atomic E-state index is 12.1. The Kier molecular flexibility index (Phi) is 3.59. The molecule has 0 bridgehead atoms. The summed E-state index contributed by atoms with van der Waals surface area (Å²) in [7, 11) is 1.85. The van der Waals surface area contributed by atoms with Crippen LogP contribution in [0.25, 0.3) is 0 Å². The number of hydrogen-bond donors (Lipinski definition) is 1. The van der Waals surface area contributed by atoms with Crippen LogP contribution in [0.3, 0.4) is 0 Å². The average Bonchev–Trinajstić information content (AvgIpc) is 2.82. The number of alkyl halides is 2. The van der Waals surface area contributed by atoms with Crippen molar-refractivity contribution in [1.82, 2.24) is 19.6 Å². The highest BCUT2D eigenvalue weighted by atomic mass is 19.3. The van der Waals surface area contributed by atoms with Gasteiger partial charge in [0.15, 0.2) is 5.82 Å². The summed E-state index contributed by atoms with van der Waals surface area (Å²) >= 11 is 0. The molecule has 0 saturated carbocycles. The lowest BCUT2D eigenvalue weighted by atomic mass is 10.3. The minimum atomic E-state index is -2.39. The zero-order chi connectivity index (χ0) is 13.1. The summed E-state index contributed by atoms with van der Waals surface area (Å²) in [6, 6.07) is 0. The van der Waals surface area contributed by atoms with Crippen molar-refractivity contribution in [2.75, 3.05) is 5.32 Å². The van der Waals surface area contributed by atoms with E-state index in [2.05, 4.69) is 15.5 Å². The van der Waals surface area contributed by atoms with Crippen LogP contribution in [-0.2, 0) is 20.1 Å². The number of aromatic nitrogens is 4. The van der Waals surface area contributed by atoms with Gasteiger partial charge in [-0.2, -0.15) is 10.2 Å². The van der Waals surface area contributed by atoms with Gasteiger partial charge in [0.1, 0.15) is 6.54 Å². The third-order valence-electron chi connectivity index (χ3n) is 2.48. The summed E-state index contributed by atoms with van der Waals surface area (Å²) < 4.78 is 27.3. The van der Waals surface area contributed by atoms with Gasteiger partial charge in [0.25, 0.3) is 6.43 Å². The molecule has 2 aromatic heterocycles. The summed E-state index contributed by atoms with van der Waals surface area (Å²) in [4.78, 5) is 0. The lowest BCUT2D eigenvalue weighted by Gasteiger charge is -2.01. The minimum Gasteiger partial charge on any atom is -0.364 e. The lowest BCUT2D eigenvalue weighted by molar-refractivity contribution is 0.122. The minimum absolute atomic E-state index is 0.372. The first kappa shape index (κ1) is 12.5. The fourth-order valence-corrected chi connectivity index (χ4v) is 1.71. The predicted molar refractivity (Wildman–Crippen MR) is 63.5 cm³/mol. The monoisotopic (exact) mass is 255 g/mol. The zero-order valence-corrected chi connectivity index (χ0v) is 10.3. The highest BCUT2D eigenvalue weighted by Gasteiger charge is 2.07. The van der Waals surface area contributed by atoms with Crippen LogP contribution in [0, 0.1) is 6.92 Å². The molecule has 0 fully saturated rings. The van der Waals surface area contributed by atoms with E-state index in [0.29, 0.717) is 6.54 Å². The van der Waals surface area contributed by atoms with E-state index in [1.807, 2.05) is 20.2 Å². The van der Waals surface area contributed by atoms with Gasteiger partial charge in [-0.05, 0) is 6.92 Å². The van der Waals surface area contributed by atoms with E-state index in [-0.39, 0.29) is 6.54 Å². The first-order valence-electron chi connectivity index (χ1n) is 5.58. The molecule has 0 spiro atoms. The van der Waals surface area contributed by atoms with Gasteiger partial charge in [-0.15, -0.1) is 0 Å². The molecule has 2 rings (SSSR count). The molecule has 2 aromatic rings. The molecule has 0 atom stereocenters. The zero-order valence-electron chi connectivity index (χ0n) is 10.3. The van der Waals surface area contributed by atoms with Crippen LogP contribution < -0.4 is 5.32 Å². The molecule has 2 heterocycles. The van der Waals surface area contributed by atoms with E-state index in [4.69, 9.17) is 0 Å². The maximum Gasteiger partial charge on any atom is 0.257 e. The fourth-order valence-electron chi connectivity index (χ4n) is 1.71. The second-order valence-corrected chi connectivity index (χ2v) is 4.15. The molecular weight excluding hydrogens is 240 g/mol. The molecule has 18 heavy (non-hydrogen) atoms. The Bertz CT molecular complexity index is 517. The third kappa shape index (κ3) is 3.06. The van der Waals surface area contributed by atoms with Crippen LogP contribution in [-0.4, -0.2) is 26.0 Å². The molecule has 5 nitrogen and oxygen atoms in total. The largest absolute Gasteiger partial charge is 0.364 e. The lowest BCUT2D eigenvalue weighted by Crippen LogP contribution is -2.06. The van der Waals surface area contributed by atoms with Crippen molar-refractivity contribution in [3.8, 4) is 0 Å². The van der Waals surface area contributed by atoms with Gasteiger partial charge in [-0.25, -0.2) is 8.78 Å². The molecule has 7 heteroatoms. The number of anilines is 1. The molecule has 0 amide bonds. The second-order valence-electron chi connectivity index (χ2n) is 4.15. The average molecular weight is 255 g/mol. The molecule has 0 saturated heterocycles. The Morgan fingerprint density at radius 3 is 2.78 bits per heavy atom. The Morgan fingerprint density at radius 2 is 2.17 bits per heavy atom. The number of nitrogens with one attached hydrogen (secondary N) is 1. The van der Waals surface area contributed by atoms with Crippen LogP contribution in [0.4, 0.5) is 14.6 Å². The summed E-state index contributed by atoms with van der Waals surface area (Å²) in [5.41, 5.74) is 1.89. The topological polar surface area (TPSA) is 47.7 Å². The Morgan fingerprint density at radius 1 is 1.39 bits per heavy atom. The summed E-state index contributed by atoms with van der Waals surface area (Å²) in [6.45, 7) is 2.10. The molecule has 0 aliphatic heterocycles. The van der Waals surface area contributed by atoms with Crippen molar-refractivity contribution in [2.24, 2.45) is 7.05 Å². The molecule has 1 N–H and O–H groups in total. The summed E-state index contributed by atoms with van der Waals surface area (Å²) in [6.07, 6.45) is 2.71. The van der Waals surface area contributed by atoms with E-state index in [0.717, 1.165) is 16.9 Å². The van der Waals surface area contributed by atoms with Crippen molar-refractivity contribution >= 4 is 5.82 Å². The number of aryl methyl sites for hydroxylation is 2. The van der Waals surface area contributed by atoms with Crippen LogP contribution in [0.15, 0.2) is 18.6 Å². The SMILES string of the molecule is Cc1cn(C)nc1NCc1cnn(CC(F)F)c1. The van der Waals surface area contributed by atoms with Crippen molar-refractivity contribution < 1.29 is 8.78 Å². The van der Waals surface area contributed by atoms with Crippen molar-refractivity contribution in [1.29, 1.82) is 0 Å². The summed E-state index contributed by atoms with van der Waals surface area (Å²) in [5.74, 6) is 0.791. The van der Waals surface area contributed by atoms with Crippen LogP contribution in [0.1, 0.15) is 11.1 Å². The summed E-state index contributed by atoms with van der Waals surface area (Å²) in [5, 5.41) is 11.3. The number of rotatable bonds is 5. The first-order valence-corrected chi connectivity index (χ1v) is 5.58. The number of hydrogen-bond acceptors (Lipinski definition) is 3. The standard InChI is InChI=1S/C11H15F2N5/c1-8-5-17(2)16-11(8)14-3-9-4-15-18(6-9)7-10(12)13/h4-6,10H,3,7H2,1-2H3,(H,14,16). The van der Waals surface area contributed by atoms with E-state index >= 15 is 0 Å². The van der Waals surface area contributed by atoms with Gasteiger partial charge in [0, 0.05) is 37.1 Å². The van der Waals surface area contributed by atoms with Gasteiger partial charge in [0.05, 0.1) is 6.20 Å². The molecule has 98 valence electrons. The van der Waals surface area contributed by atoms with E-state index in [1.165, 1.54) is 4.68 Å². The normalized spacial score (nSPS) is 11.2. The Hall–Kier alpha value is -1.92. The maximum absolute atomic E-state index is 12.1. The van der Waals surface area contributed by atoms with Gasteiger partial charge in [-0.1, -0.05) is 0 Å². The first-order chi connectivity index (χ1) is 8.54. The van der Waals surface area contributed by atoms with Gasteiger partial charge in [-0.3, -0.25) is 9.36 Å². The van der Waals surface area contributed by atoms with Crippen LogP contribution in [0.5, 0.6) is 0 Å².